The van der Waals surface area contributed by atoms with Gasteiger partial charge in [-0.25, -0.2) is 0 Å². The third kappa shape index (κ3) is 2.37. The number of hydrogen-bond acceptors (Lipinski definition) is 2. The molecule has 0 unspecified atom stereocenters. The Morgan fingerprint density at radius 3 is 2.19 bits per heavy atom. The standard InChI is InChI=1S/C13H20N2O/c14-10-13(8-3-1-2-4-9-13)15-12(16)11-6-5-7-11/h11H,1-9H2,(H,15,16). The van der Waals surface area contributed by atoms with Crippen LogP contribution >= 0.6 is 0 Å². The highest BCUT2D eigenvalue weighted by atomic mass is 16.2. The van der Waals surface area contributed by atoms with E-state index in [0.717, 1.165) is 44.9 Å². The Bertz CT molecular complexity index is 294. The number of amides is 1. The maximum Gasteiger partial charge on any atom is 0.224 e. The second-order valence-corrected chi connectivity index (χ2v) is 5.23. The van der Waals surface area contributed by atoms with Gasteiger partial charge in [0, 0.05) is 5.92 Å². The molecule has 0 radical (unpaired) electrons. The Balaban J connectivity index is 1.97. The predicted octanol–water partition coefficient (Wildman–Crippen LogP) is 2.52. The molecule has 0 heterocycles. The molecule has 88 valence electrons. The minimum atomic E-state index is -0.552. The Morgan fingerprint density at radius 1 is 1.12 bits per heavy atom. The molecule has 0 bridgehead atoms. The topological polar surface area (TPSA) is 52.9 Å². The molecule has 2 aliphatic carbocycles. The van der Waals surface area contributed by atoms with Gasteiger partial charge >= 0.3 is 0 Å². The van der Waals surface area contributed by atoms with Gasteiger partial charge in [-0.1, -0.05) is 32.1 Å². The predicted molar refractivity (Wildman–Crippen MR) is 61.5 cm³/mol. The summed E-state index contributed by atoms with van der Waals surface area (Å²) in [5.74, 6) is 0.308. The fourth-order valence-electron chi connectivity index (χ4n) is 2.61. The summed E-state index contributed by atoms with van der Waals surface area (Å²) in [5, 5.41) is 12.3. The van der Waals surface area contributed by atoms with E-state index in [0.29, 0.717) is 0 Å². The molecular weight excluding hydrogens is 200 g/mol. The molecule has 1 amide bonds. The molecule has 2 rings (SSSR count). The Morgan fingerprint density at radius 2 is 1.75 bits per heavy atom. The average molecular weight is 220 g/mol. The van der Waals surface area contributed by atoms with Crippen molar-refractivity contribution < 1.29 is 4.79 Å². The van der Waals surface area contributed by atoms with E-state index in [-0.39, 0.29) is 11.8 Å². The van der Waals surface area contributed by atoms with E-state index in [1.165, 1.54) is 12.8 Å². The number of nitrogens with zero attached hydrogens (tertiary/aromatic N) is 1. The first-order valence-corrected chi connectivity index (χ1v) is 6.49. The summed E-state index contributed by atoms with van der Waals surface area (Å²) in [6.07, 6.45) is 9.38. The van der Waals surface area contributed by atoms with Crippen molar-refractivity contribution in [3.05, 3.63) is 0 Å². The van der Waals surface area contributed by atoms with Crippen LogP contribution in [0.2, 0.25) is 0 Å². The van der Waals surface area contributed by atoms with Crippen molar-refractivity contribution >= 4 is 5.91 Å². The Hall–Kier alpha value is -1.04. The number of nitriles is 1. The number of carbonyl (C=O) groups is 1. The van der Waals surface area contributed by atoms with Crippen molar-refractivity contribution in [3.8, 4) is 6.07 Å². The highest BCUT2D eigenvalue weighted by Gasteiger charge is 2.35. The molecular formula is C13H20N2O. The first-order chi connectivity index (χ1) is 7.76. The van der Waals surface area contributed by atoms with E-state index in [9.17, 15) is 10.1 Å². The highest BCUT2D eigenvalue weighted by Crippen LogP contribution is 2.30. The quantitative estimate of drug-likeness (QED) is 0.727. The number of rotatable bonds is 2. The van der Waals surface area contributed by atoms with E-state index in [4.69, 9.17) is 0 Å². The summed E-state index contributed by atoms with van der Waals surface area (Å²) >= 11 is 0. The van der Waals surface area contributed by atoms with Crippen LogP contribution in [0.5, 0.6) is 0 Å². The first-order valence-electron chi connectivity index (χ1n) is 6.49. The summed E-state index contributed by atoms with van der Waals surface area (Å²) in [7, 11) is 0. The molecule has 3 nitrogen and oxygen atoms in total. The lowest BCUT2D eigenvalue weighted by Gasteiger charge is -2.31. The largest absolute Gasteiger partial charge is 0.338 e. The lowest BCUT2D eigenvalue weighted by atomic mass is 9.83. The van der Waals surface area contributed by atoms with Crippen LogP contribution < -0.4 is 5.32 Å². The van der Waals surface area contributed by atoms with Crippen molar-refractivity contribution in [3.63, 3.8) is 0 Å². The second kappa shape index (κ2) is 4.86. The summed E-state index contributed by atoms with van der Waals surface area (Å²) in [5.41, 5.74) is -0.552. The normalized spacial score (nSPS) is 24.9. The molecule has 0 aromatic heterocycles. The molecule has 0 spiro atoms. The van der Waals surface area contributed by atoms with Crippen LogP contribution in [-0.2, 0) is 4.79 Å². The van der Waals surface area contributed by atoms with Gasteiger partial charge in [-0.2, -0.15) is 5.26 Å². The molecule has 0 aromatic rings. The fraction of sp³-hybridized carbons (Fsp3) is 0.846. The fourth-order valence-corrected chi connectivity index (χ4v) is 2.61. The summed E-state index contributed by atoms with van der Waals surface area (Å²) < 4.78 is 0. The minimum Gasteiger partial charge on any atom is -0.338 e. The highest BCUT2D eigenvalue weighted by molar-refractivity contribution is 5.80. The van der Waals surface area contributed by atoms with Crippen molar-refractivity contribution in [1.82, 2.24) is 5.32 Å². The van der Waals surface area contributed by atoms with Gasteiger partial charge in [0.25, 0.3) is 0 Å². The zero-order valence-corrected chi connectivity index (χ0v) is 9.80. The lowest BCUT2D eigenvalue weighted by Crippen LogP contribution is -2.50. The van der Waals surface area contributed by atoms with Gasteiger partial charge < -0.3 is 5.32 Å². The lowest BCUT2D eigenvalue weighted by molar-refractivity contribution is -0.128. The monoisotopic (exact) mass is 220 g/mol. The van der Waals surface area contributed by atoms with E-state index >= 15 is 0 Å². The van der Waals surface area contributed by atoms with Crippen LogP contribution in [0.25, 0.3) is 0 Å². The molecule has 2 fully saturated rings. The van der Waals surface area contributed by atoms with Gasteiger partial charge in [0.15, 0.2) is 0 Å². The van der Waals surface area contributed by atoms with Crippen molar-refractivity contribution in [2.24, 2.45) is 5.92 Å². The average Bonchev–Trinajstić information content (AvgIpc) is 2.41. The first kappa shape index (κ1) is 11.4. The van der Waals surface area contributed by atoms with Crippen LogP contribution in [0.1, 0.15) is 57.8 Å². The number of hydrogen-bond donors (Lipinski definition) is 1. The third-order valence-corrected chi connectivity index (χ3v) is 4.01. The smallest absolute Gasteiger partial charge is 0.224 e. The molecule has 0 aliphatic heterocycles. The van der Waals surface area contributed by atoms with Crippen LogP contribution in [-0.4, -0.2) is 11.4 Å². The van der Waals surface area contributed by atoms with Gasteiger partial charge in [0.2, 0.25) is 5.91 Å². The summed E-state index contributed by atoms with van der Waals surface area (Å²) in [6.45, 7) is 0. The third-order valence-electron chi connectivity index (χ3n) is 4.01. The van der Waals surface area contributed by atoms with E-state index in [1.54, 1.807) is 0 Å². The van der Waals surface area contributed by atoms with E-state index in [1.807, 2.05) is 0 Å². The molecule has 2 aliphatic rings. The molecule has 0 atom stereocenters. The molecule has 0 saturated heterocycles. The number of nitrogens with one attached hydrogen (secondary N) is 1. The van der Waals surface area contributed by atoms with E-state index in [2.05, 4.69) is 11.4 Å². The van der Waals surface area contributed by atoms with Gasteiger partial charge in [-0.05, 0) is 25.7 Å². The number of carbonyl (C=O) groups excluding carboxylic acids is 1. The van der Waals surface area contributed by atoms with Crippen LogP contribution in [0.3, 0.4) is 0 Å². The maximum absolute atomic E-state index is 11.9. The summed E-state index contributed by atoms with van der Waals surface area (Å²) in [4.78, 5) is 11.9. The van der Waals surface area contributed by atoms with Crippen molar-refractivity contribution in [1.29, 1.82) is 5.26 Å². The Kier molecular flexibility index (Phi) is 3.48. The molecule has 16 heavy (non-hydrogen) atoms. The van der Waals surface area contributed by atoms with Gasteiger partial charge in [-0.3, -0.25) is 4.79 Å². The van der Waals surface area contributed by atoms with Crippen molar-refractivity contribution in [2.45, 2.75) is 63.3 Å². The molecule has 0 aromatic carbocycles. The van der Waals surface area contributed by atoms with Gasteiger partial charge in [0.05, 0.1) is 6.07 Å². The molecule has 2 saturated carbocycles. The Labute approximate surface area is 97.2 Å². The second-order valence-electron chi connectivity index (χ2n) is 5.23. The van der Waals surface area contributed by atoms with Crippen LogP contribution in [0, 0.1) is 17.2 Å². The van der Waals surface area contributed by atoms with Gasteiger partial charge in [-0.15, -0.1) is 0 Å². The maximum atomic E-state index is 11.9. The van der Waals surface area contributed by atoms with Crippen LogP contribution in [0.4, 0.5) is 0 Å². The van der Waals surface area contributed by atoms with Crippen molar-refractivity contribution in [2.75, 3.05) is 0 Å². The van der Waals surface area contributed by atoms with Gasteiger partial charge in [0.1, 0.15) is 5.54 Å². The zero-order valence-electron chi connectivity index (χ0n) is 9.80. The minimum absolute atomic E-state index is 0.120. The zero-order chi connectivity index (χ0) is 11.4. The van der Waals surface area contributed by atoms with E-state index < -0.39 is 5.54 Å². The van der Waals surface area contributed by atoms with Crippen LogP contribution in [0.15, 0.2) is 0 Å². The molecule has 1 N–H and O–H groups in total. The molecule has 3 heteroatoms. The summed E-state index contributed by atoms with van der Waals surface area (Å²) in [6, 6.07) is 2.36. The SMILES string of the molecule is N#CC1(NC(=O)C2CCC2)CCCCCC1.